The van der Waals surface area contributed by atoms with Crippen molar-refractivity contribution in [3.8, 4) is 5.75 Å². The zero-order valence-corrected chi connectivity index (χ0v) is 20.6. The molecule has 0 spiro atoms. The van der Waals surface area contributed by atoms with Gasteiger partial charge in [0.2, 0.25) is 0 Å². The van der Waals surface area contributed by atoms with Gasteiger partial charge in [0.05, 0.1) is 12.7 Å². The summed E-state index contributed by atoms with van der Waals surface area (Å²) in [5.41, 5.74) is 2.09. The van der Waals surface area contributed by atoms with Gasteiger partial charge in [0.15, 0.2) is 6.10 Å². The highest BCUT2D eigenvalue weighted by atomic mass is 28.4. The van der Waals surface area contributed by atoms with Gasteiger partial charge in [-0.3, -0.25) is 0 Å². The Kier molecular flexibility index (Phi) is 11.3. The summed E-state index contributed by atoms with van der Waals surface area (Å²) in [5.74, 6) is 0.831. The minimum Gasteiger partial charge on any atom is -0.494 e. The normalized spacial score (nSPS) is 12.0. The maximum atomic E-state index is 6.11. The van der Waals surface area contributed by atoms with E-state index in [1.807, 2.05) is 77.1 Å². The van der Waals surface area contributed by atoms with Crippen LogP contribution < -0.4 is 4.74 Å². The second-order valence-electron chi connectivity index (χ2n) is 7.32. The van der Waals surface area contributed by atoms with Crippen LogP contribution in [0.2, 0.25) is 6.04 Å². The second-order valence-corrected chi connectivity index (χ2v) is 10.1. The van der Waals surface area contributed by atoms with Crippen LogP contribution in [-0.2, 0) is 18.0 Å². The molecule has 0 aliphatic heterocycles. The van der Waals surface area contributed by atoms with Gasteiger partial charge in [-0.1, -0.05) is 42.5 Å². The van der Waals surface area contributed by atoms with E-state index < -0.39 is 8.80 Å². The number of benzene rings is 2. The molecule has 0 saturated carbocycles. The van der Waals surface area contributed by atoms with E-state index >= 15 is 0 Å². The monoisotopic (exact) mass is 445 g/mol. The minimum atomic E-state index is -2.61. The van der Waals surface area contributed by atoms with Crippen LogP contribution >= 0.6 is 0 Å². The third kappa shape index (κ3) is 8.39. The van der Waals surface area contributed by atoms with Crippen LogP contribution in [0.1, 0.15) is 52.2 Å². The van der Waals surface area contributed by atoms with E-state index in [0.717, 1.165) is 35.4 Å². The smallest absolute Gasteiger partial charge is 0.494 e. The SMILES string of the molecule is CCO[Si](CCCOc1ccc([C](OC(C)C)c2ccccc2)cc1)(OCC)OCC. The predicted octanol–water partition coefficient (Wildman–Crippen LogP) is 5.86. The lowest BCUT2D eigenvalue weighted by atomic mass is 10.0. The first-order valence-electron chi connectivity index (χ1n) is 11.3. The van der Waals surface area contributed by atoms with Gasteiger partial charge >= 0.3 is 8.80 Å². The molecule has 2 aromatic carbocycles. The molecule has 1 radical (unpaired) electrons. The first kappa shape index (κ1) is 25.6. The Bertz CT molecular complexity index is 703. The maximum Gasteiger partial charge on any atom is 0.501 e. The van der Waals surface area contributed by atoms with E-state index in [2.05, 4.69) is 12.1 Å². The fourth-order valence-corrected chi connectivity index (χ4v) is 5.89. The molecule has 0 aromatic heterocycles. The van der Waals surface area contributed by atoms with Crippen LogP contribution in [0.15, 0.2) is 54.6 Å². The van der Waals surface area contributed by atoms with Crippen molar-refractivity contribution >= 4 is 8.80 Å². The van der Waals surface area contributed by atoms with Crippen LogP contribution in [0, 0.1) is 6.10 Å². The molecule has 31 heavy (non-hydrogen) atoms. The summed E-state index contributed by atoms with van der Waals surface area (Å²) in [4.78, 5) is 0. The van der Waals surface area contributed by atoms with Crippen LogP contribution in [0.3, 0.4) is 0 Å². The Balaban J connectivity index is 1.95. The molecule has 0 amide bonds. The van der Waals surface area contributed by atoms with Crippen molar-refractivity contribution in [3.05, 3.63) is 71.8 Å². The number of rotatable bonds is 15. The molecule has 0 unspecified atom stereocenters. The topological polar surface area (TPSA) is 46.2 Å². The molecule has 0 saturated heterocycles. The predicted molar refractivity (Wildman–Crippen MR) is 126 cm³/mol. The number of hydrogen-bond donors (Lipinski definition) is 0. The van der Waals surface area contributed by atoms with Crippen molar-refractivity contribution in [2.45, 2.75) is 53.2 Å². The fourth-order valence-electron chi connectivity index (χ4n) is 3.31. The molecule has 0 aliphatic carbocycles. The summed E-state index contributed by atoms with van der Waals surface area (Å²) in [6.07, 6.45) is 1.78. The van der Waals surface area contributed by atoms with Crippen molar-refractivity contribution in [1.82, 2.24) is 0 Å². The van der Waals surface area contributed by atoms with E-state index in [4.69, 9.17) is 22.8 Å². The lowest BCUT2D eigenvalue weighted by Crippen LogP contribution is -2.46. The van der Waals surface area contributed by atoms with Crippen molar-refractivity contribution < 1.29 is 22.8 Å². The third-order valence-corrected chi connectivity index (χ3v) is 7.65. The molecule has 0 N–H and O–H groups in total. The zero-order chi connectivity index (χ0) is 22.5. The van der Waals surface area contributed by atoms with Gasteiger partial charge in [0.25, 0.3) is 0 Å². The first-order chi connectivity index (χ1) is 15.0. The van der Waals surface area contributed by atoms with Gasteiger partial charge in [0, 0.05) is 25.9 Å². The molecule has 0 atom stereocenters. The third-order valence-electron chi connectivity index (χ3n) is 4.49. The van der Waals surface area contributed by atoms with E-state index in [1.165, 1.54) is 0 Å². The molecule has 0 fully saturated rings. The van der Waals surface area contributed by atoms with E-state index in [0.29, 0.717) is 26.4 Å². The summed E-state index contributed by atoms with van der Waals surface area (Å²) in [5, 5.41) is 0. The Hall–Kier alpha value is -1.70. The van der Waals surface area contributed by atoms with Crippen LogP contribution in [0.25, 0.3) is 0 Å². The largest absolute Gasteiger partial charge is 0.501 e. The summed E-state index contributed by atoms with van der Waals surface area (Å²) >= 11 is 0. The summed E-state index contributed by atoms with van der Waals surface area (Å²) < 4.78 is 29.8. The maximum absolute atomic E-state index is 6.11. The zero-order valence-electron chi connectivity index (χ0n) is 19.6. The van der Waals surface area contributed by atoms with Gasteiger partial charge in [-0.15, -0.1) is 0 Å². The lowest BCUT2D eigenvalue weighted by Gasteiger charge is -2.28. The van der Waals surface area contributed by atoms with Gasteiger partial charge in [-0.2, -0.15) is 0 Å². The average Bonchev–Trinajstić information content (AvgIpc) is 2.77. The molecule has 0 heterocycles. The molecule has 6 heteroatoms. The van der Waals surface area contributed by atoms with Crippen molar-refractivity contribution in [3.63, 3.8) is 0 Å². The summed E-state index contributed by atoms with van der Waals surface area (Å²) in [6.45, 7) is 12.4. The van der Waals surface area contributed by atoms with Crippen LogP contribution in [-0.4, -0.2) is 41.3 Å². The Morgan fingerprint density at radius 1 is 0.774 bits per heavy atom. The Morgan fingerprint density at radius 2 is 1.32 bits per heavy atom. The second kappa shape index (κ2) is 13.7. The molecule has 171 valence electrons. The van der Waals surface area contributed by atoms with Crippen molar-refractivity contribution in [1.29, 1.82) is 0 Å². The Morgan fingerprint density at radius 3 is 1.84 bits per heavy atom. The highest BCUT2D eigenvalue weighted by molar-refractivity contribution is 6.60. The molecule has 0 bridgehead atoms. The number of hydrogen-bond acceptors (Lipinski definition) is 5. The van der Waals surface area contributed by atoms with Crippen molar-refractivity contribution in [2.75, 3.05) is 26.4 Å². The molecule has 2 rings (SSSR count). The van der Waals surface area contributed by atoms with Crippen molar-refractivity contribution in [2.24, 2.45) is 0 Å². The summed E-state index contributed by atoms with van der Waals surface area (Å²) in [6, 6.07) is 19.0. The first-order valence-corrected chi connectivity index (χ1v) is 13.2. The van der Waals surface area contributed by atoms with Crippen LogP contribution in [0.5, 0.6) is 5.75 Å². The van der Waals surface area contributed by atoms with Gasteiger partial charge in [0.1, 0.15) is 5.75 Å². The lowest BCUT2D eigenvalue weighted by molar-refractivity contribution is 0.0696. The minimum absolute atomic E-state index is 0.0941. The van der Waals surface area contributed by atoms with Gasteiger partial charge < -0.3 is 22.8 Å². The molecular formula is C25H37O5Si. The van der Waals surface area contributed by atoms with Crippen LogP contribution in [0.4, 0.5) is 0 Å². The quantitative estimate of drug-likeness (QED) is 0.254. The molecule has 5 nitrogen and oxygen atoms in total. The molecule has 0 aliphatic rings. The Labute approximate surface area is 189 Å². The van der Waals surface area contributed by atoms with E-state index in [-0.39, 0.29) is 6.10 Å². The number of ether oxygens (including phenoxy) is 2. The van der Waals surface area contributed by atoms with E-state index in [9.17, 15) is 0 Å². The standard InChI is InChI=1S/C25H37O5Si/c1-6-27-31(28-7-2,29-8-3)20-12-19-26-24-17-15-23(16-18-24)25(30-21(4)5)22-13-10-9-11-14-22/h9-11,13-18,21H,6-8,12,19-20H2,1-5H3. The fraction of sp³-hybridized carbons (Fsp3) is 0.480. The highest BCUT2D eigenvalue weighted by Crippen LogP contribution is 2.28. The summed E-state index contributed by atoms with van der Waals surface area (Å²) in [7, 11) is -2.61. The molecular weight excluding hydrogens is 408 g/mol. The average molecular weight is 446 g/mol. The van der Waals surface area contributed by atoms with Gasteiger partial charge in [-0.05, 0) is 64.3 Å². The van der Waals surface area contributed by atoms with Gasteiger partial charge in [-0.25, -0.2) is 0 Å². The highest BCUT2D eigenvalue weighted by Gasteiger charge is 2.39. The van der Waals surface area contributed by atoms with E-state index in [1.54, 1.807) is 0 Å². The molecule has 2 aromatic rings.